The smallest absolute Gasteiger partial charge is 0.214 e. The number of aliphatic hydroxyl groups excluding tert-OH is 1. The van der Waals surface area contributed by atoms with Gasteiger partial charge in [-0.2, -0.15) is 5.26 Å². The second-order valence-corrected chi connectivity index (χ2v) is 1.52. The predicted octanol–water partition coefficient (Wildman–Crippen LogP) is 0.185. The molecule has 5 heteroatoms. The zero-order valence-electron chi connectivity index (χ0n) is 3.33. The van der Waals surface area contributed by atoms with Crippen LogP contribution in [-0.4, -0.2) is 9.49 Å². The third kappa shape index (κ3) is 312. The SMILES string of the molecule is N#CN.OC(=S)S. The Morgan fingerprint density at radius 2 is 2.00 bits per heavy atom. The summed E-state index contributed by atoms with van der Waals surface area (Å²) in [6.07, 6.45) is 1.25. The van der Waals surface area contributed by atoms with E-state index in [0.717, 1.165) is 0 Å². The molecule has 0 unspecified atom stereocenters. The van der Waals surface area contributed by atoms with Gasteiger partial charge in [0.2, 0.25) is 4.38 Å². The van der Waals surface area contributed by atoms with Gasteiger partial charge in [0.1, 0.15) is 0 Å². The van der Waals surface area contributed by atoms with Crippen molar-refractivity contribution in [2.75, 3.05) is 0 Å². The highest BCUT2D eigenvalue weighted by atomic mass is 32.1. The van der Waals surface area contributed by atoms with Gasteiger partial charge < -0.3 is 10.8 Å². The standard InChI is InChI=1S/CH2N2.CH2OS2/c2-1-3;2-1(3)4/h2H2;(H2,2,3,4). The normalized spacial score (nSPS) is 4.57. The van der Waals surface area contributed by atoms with Crippen molar-refractivity contribution in [2.24, 2.45) is 5.73 Å². The molecule has 3 N–H and O–H groups in total. The third-order valence-corrected chi connectivity index (χ3v) is 0. The summed E-state index contributed by atoms with van der Waals surface area (Å²) in [6.45, 7) is 0. The zero-order valence-corrected chi connectivity index (χ0v) is 5.04. The summed E-state index contributed by atoms with van der Waals surface area (Å²) in [5.41, 5.74) is 4.15. The van der Waals surface area contributed by atoms with Gasteiger partial charge in [-0.3, -0.25) is 0 Å². The lowest BCUT2D eigenvalue weighted by molar-refractivity contribution is 0.586. The van der Waals surface area contributed by atoms with Crippen molar-refractivity contribution < 1.29 is 5.11 Å². The summed E-state index contributed by atoms with van der Waals surface area (Å²) in [4.78, 5) is 0. The molecule has 0 spiro atoms. The quantitative estimate of drug-likeness (QED) is 0.192. The van der Waals surface area contributed by atoms with E-state index < -0.39 is 0 Å². The van der Waals surface area contributed by atoms with Gasteiger partial charge in [0, 0.05) is 0 Å². The van der Waals surface area contributed by atoms with Gasteiger partial charge in [0.05, 0.1) is 0 Å². The molecule has 0 aliphatic heterocycles. The lowest BCUT2D eigenvalue weighted by Crippen LogP contribution is -1.69. The van der Waals surface area contributed by atoms with Crippen LogP contribution >= 0.6 is 24.8 Å². The van der Waals surface area contributed by atoms with Gasteiger partial charge in [-0.1, -0.05) is 12.6 Å². The maximum absolute atomic E-state index is 7.65. The Morgan fingerprint density at radius 3 is 2.00 bits per heavy atom. The Labute approximate surface area is 52.2 Å². The van der Waals surface area contributed by atoms with Crippen molar-refractivity contribution in [3.8, 4) is 6.19 Å². The highest BCUT2D eigenvalue weighted by Gasteiger charge is 1.59. The van der Waals surface area contributed by atoms with E-state index in [1.807, 2.05) is 0 Å². The molecular formula is C2H4N2OS2. The molecule has 0 aliphatic rings. The van der Waals surface area contributed by atoms with Gasteiger partial charge in [-0.25, -0.2) is 0 Å². The Bertz CT molecular complexity index is 82.2. The first-order chi connectivity index (χ1) is 3.15. The van der Waals surface area contributed by atoms with Crippen molar-refractivity contribution in [3.63, 3.8) is 0 Å². The monoisotopic (exact) mass is 136 g/mol. The maximum atomic E-state index is 7.65. The van der Waals surface area contributed by atoms with E-state index in [-0.39, 0.29) is 4.38 Å². The van der Waals surface area contributed by atoms with Crippen molar-refractivity contribution in [1.82, 2.24) is 0 Å². The van der Waals surface area contributed by atoms with Gasteiger partial charge in [0.25, 0.3) is 0 Å². The summed E-state index contributed by atoms with van der Waals surface area (Å²) in [7, 11) is 0. The number of hydrogen-bond donors (Lipinski definition) is 3. The zero-order chi connectivity index (χ0) is 6.28. The van der Waals surface area contributed by atoms with Crippen LogP contribution in [0.2, 0.25) is 0 Å². The minimum absolute atomic E-state index is 0.306. The van der Waals surface area contributed by atoms with E-state index in [1.165, 1.54) is 6.19 Å². The predicted molar refractivity (Wildman–Crippen MR) is 34.0 cm³/mol. The molecule has 0 saturated heterocycles. The second-order valence-electron chi connectivity index (χ2n) is 0.412. The Morgan fingerprint density at radius 1 is 2.00 bits per heavy atom. The molecule has 3 nitrogen and oxygen atoms in total. The van der Waals surface area contributed by atoms with Crippen molar-refractivity contribution in [1.29, 1.82) is 5.26 Å². The Kier molecular flexibility index (Phi) is 12.7. The fourth-order valence-electron chi connectivity index (χ4n) is 0. The molecule has 0 bridgehead atoms. The minimum Gasteiger partial charge on any atom is -0.494 e. The molecule has 0 heterocycles. The molecule has 0 atom stereocenters. The number of thiocarbonyl (C=S) groups is 1. The fraction of sp³-hybridized carbons (Fsp3) is 0. The first-order valence-electron chi connectivity index (χ1n) is 1.16. The van der Waals surface area contributed by atoms with E-state index in [0.29, 0.717) is 0 Å². The molecule has 0 aromatic heterocycles. The van der Waals surface area contributed by atoms with E-state index in [9.17, 15) is 0 Å². The summed E-state index contributed by atoms with van der Waals surface area (Å²) < 4.78 is -0.306. The van der Waals surface area contributed by atoms with Crippen LogP contribution in [0.15, 0.2) is 0 Å². The number of rotatable bonds is 0. The van der Waals surface area contributed by atoms with Crippen molar-refractivity contribution in [2.45, 2.75) is 0 Å². The molecule has 0 amide bonds. The van der Waals surface area contributed by atoms with Crippen LogP contribution in [0.4, 0.5) is 0 Å². The first kappa shape index (κ1) is 9.73. The Balaban J connectivity index is 0. The second kappa shape index (κ2) is 9.11. The lowest BCUT2D eigenvalue weighted by atomic mass is 11.5. The van der Waals surface area contributed by atoms with Gasteiger partial charge in [-0.05, 0) is 12.2 Å². The average molecular weight is 136 g/mol. The summed E-state index contributed by atoms with van der Waals surface area (Å²) >= 11 is 7.21. The average Bonchev–Trinajstić information content (AvgIpc) is 1.33. The van der Waals surface area contributed by atoms with Crippen LogP contribution in [-0.2, 0) is 0 Å². The first-order valence-corrected chi connectivity index (χ1v) is 2.02. The fourth-order valence-corrected chi connectivity index (χ4v) is 0. The van der Waals surface area contributed by atoms with Crippen LogP contribution < -0.4 is 5.73 Å². The van der Waals surface area contributed by atoms with Crippen LogP contribution in [0, 0.1) is 11.5 Å². The lowest BCUT2D eigenvalue weighted by Gasteiger charge is -1.63. The summed E-state index contributed by atoms with van der Waals surface area (Å²) in [5.74, 6) is 0. The molecule has 0 rings (SSSR count). The number of nitrogens with zero attached hydrogens (tertiary/aromatic N) is 1. The molecule has 0 radical (unpaired) electrons. The summed E-state index contributed by atoms with van der Waals surface area (Å²) in [6, 6.07) is 0. The van der Waals surface area contributed by atoms with E-state index >= 15 is 0 Å². The molecular weight excluding hydrogens is 132 g/mol. The number of nitriles is 1. The largest absolute Gasteiger partial charge is 0.494 e. The Hall–Kier alpha value is -0.470. The summed E-state index contributed by atoms with van der Waals surface area (Å²) in [5, 5.41) is 14.7. The van der Waals surface area contributed by atoms with Gasteiger partial charge in [0.15, 0.2) is 6.19 Å². The van der Waals surface area contributed by atoms with Gasteiger partial charge >= 0.3 is 0 Å². The highest BCUT2D eigenvalue weighted by Crippen LogP contribution is 1.68. The van der Waals surface area contributed by atoms with Gasteiger partial charge in [-0.15, -0.1) is 0 Å². The molecule has 0 aromatic carbocycles. The van der Waals surface area contributed by atoms with E-state index in [2.05, 4.69) is 30.6 Å². The number of thiol groups is 1. The molecule has 0 aliphatic carbocycles. The third-order valence-electron chi connectivity index (χ3n) is 0. The number of aliphatic hydroxyl groups is 1. The molecule has 0 saturated carbocycles. The topological polar surface area (TPSA) is 70.0 Å². The van der Waals surface area contributed by atoms with E-state index in [1.54, 1.807) is 0 Å². The molecule has 0 aromatic rings. The minimum atomic E-state index is -0.306. The number of nitrogens with two attached hydrogens (primary N) is 1. The van der Waals surface area contributed by atoms with Crippen LogP contribution in [0.3, 0.4) is 0 Å². The van der Waals surface area contributed by atoms with Crippen LogP contribution in [0.25, 0.3) is 0 Å². The molecule has 0 fully saturated rings. The highest BCUT2D eigenvalue weighted by molar-refractivity contribution is 8.10. The number of hydrogen-bond acceptors (Lipinski definition) is 3. The molecule has 7 heavy (non-hydrogen) atoms. The van der Waals surface area contributed by atoms with Crippen LogP contribution in [0.1, 0.15) is 0 Å². The van der Waals surface area contributed by atoms with Crippen molar-refractivity contribution in [3.05, 3.63) is 0 Å². The van der Waals surface area contributed by atoms with Crippen molar-refractivity contribution >= 4 is 29.2 Å². The van der Waals surface area contributed by atoms with E-state index in [4.69, 9.17) is 10.4 Å². The van der Waals surface area contributed by atoms with Crippen LogP contribution in [0.5, 0.6) is 0 Å². The maximum Gasteiger partial charge on any atom is 0.214 e. The molecule has 40 valence electrons.